The van der Waals surface area contributed by atoms with Gasteiger partial charge in [-0.05, 0) is 49.9 Å². The molecule has 1 aromatic rings. The zero-order valence-electron chi connectivity index (χ0n) is 13.1. The van der Waals surface area contributed by atoms with Crippen molar-refractivity contribution in [3.63, 3.8) is 0 Å². The van der Waals surface area contributed by atoms with Crippen LogP contribution >= 0.6 is 0 Å². The summed E-state index contributed by atoms with van der Waals surface area (Å²) in [6, 6.07) is 7.05. The summed E-state index contributed by atoms with van der Waals surface area (Å²) >= 11 is 0. The first-order chi connectivity index (χ1) is 11.0. The van der Waals surface area contributed by atoms with E-state index in [0.717, 1.165) is 19.3 Å². The molecule has 6 nitrogen and oxygen atoms in total. The molecular weight excluding hydrogens is 314 g/mol. The van der Waals surface area contributed by atoms with Crippen molar-refractivity contribution in [3.8, 4) is 0 Å². The molecule has 2 atom stereocenters. The van der Waals surface area contributed by atoms with Crippen LogP contribution in [-0.4, -0.2) is 33.2 Å². The molecule has 2 fully saturated rings. The highest BCUT2D eigenvalue weighted by molar-refractivity contribution is 7.93. The van der Waals surface area contributed by atoms with Crippen molar-refractivity contribution in [3.05, 3.63) is 24.3 Å². The fourth-order valence-electron chi connectivity index (χ4n) is 3.57. The van der Waals surface area contributed by atoms with E-state index >= 15 is 0 Å². The molecule has 0 bridgehead atoms. The lowest BCUT2D eigenvalue weighted by atomic mass is 9.95. The fourth-order valence-corrected chi connectivity index (χ4v) is 5.12. The number of rotatable bonds is 4. The summed E-state index contributed by atoms with van der Waals surface area (Å²) in [4.78, 5) is 12.4. The van der Waals surface area contributed by atoms with Gasteiger partial charge in [-0.2, -0.15) is 0 Å². The molecule has 1 saturated carbocycles. The third kappa shape index (κ3) is 3.35. The Morgan fingerprint density at radius 1 is 1.30 bits per heavy atom. The molecule has 23 heavy (non-hydrogen) atoms. The van der Waals surface area contributed by atoms with Gasteiger partial charge in [-0.15, -0.1) is 0 Å². The second kappa shape index (κ2) is 6.49. The minimum Gasteiger partial charge on any atom is -0.330 e. The van der Waals surface area contributed by atoms with Gasteiger partial charge in [0, 0.05) is 18.2 Å². The number of benzene rings is 1. The van der Waals surface area contributed by atoms with Crippen molar-refractivity contribution in [1.82, 2.24) is 0 Å². The van der Waals surface area contributed by atoms with Gasteiger partial charge in [0.1, 0.15) is 0 Å². The van der Waals surface area contributed by atoms with Crippen LogP contribution in [-0.2, 0) is 14.8 Å². The van der Waals surface area contributed by atoms with Crippen LogP contribution in [0.1, 0.15) is 25.7 Å². The maximum Gasteiger partial charge on any atom is 0.235 e. The van der Waals surface area contributed by atoms with E-state index in [2.05, 4.69) is 5.32 Å². The average Bonchev–Trinajstić information content (AvgIpc) is 3.13. The number of nitrogens with two attached hydrogens (primary N) is 1. The second-order valence-corrected chi connectivity index (χ2v) is 8.33. The summed E-state index contributed by atoms with van der Waals surface area (Å²) in [6.45, 7) is 1.03. The van der Waals surface area contributed by atoms with Gasteiger partial charge < -0.3 is 11.1 Å². The lowest BCUT2D eigenvalue weighted by molar-refractivity contribution is -0.120. The van der Waals surface area contributed by atoms with E-state index in [0.29, 0.717) is 30.9 Å². The normalized spacial score (nSPS) is 26.4. The highest BCUT2D eigenvalue weighted by atomic mass is 32.2. The molecule has 1 aliphatic heterocycles. The van der Waals surface area contributed by atoms with Gasteiger partial charge in [-0.25, -0.2) is 8.42 Å². The lowest BCUT2D eigenvalue weighted by Crippen LogP contribution is -2.30. The summed E-state index contributed by atoms with van der Waals surface area (Å²) in [5, 5.41) is 2.92. The Labute approximate surface area is 137 Å². The monoisotopic (exact) mass is 337 g/mol. The second-order valence-electron chi connectivity index (χ2n) is 6.31. The van der Waals surface area contributed by atoms with Gasteiger partial charge in [0.25, 0.3) is 0 Å². The zero-order valence-corrected chi connectivity index (χ0v) is 13.9. The molecule has 1 heterocycles. The van der Waals surface area contributed by atoms with Crippen LogP contribution < -0.4 is 15.4 Å². The minimum absolute atomic E-state index is 0.0145. The van der Waals surface area contributed by atoms with Gasteiger partial charge in [-0.1, -0.05) is 12.5 Å². The van der Waals surface area contributed by atoms with Crippen LogP contribution in [0, 0.1) is 11.8 Å². The maximum atomic E-state index is 12.4. The van der Waals surface area contributed by atoms with Gasteiger partial charge in [0.2, 0.25) is 15.9 Å². The predicted octanol–water partition coefficient (Wildman–Crippen LogP) is 1.54. The summed E-state index contributed by atoms with van der Waals surface area (Å²) in [5.41, 5.74) is 6.99. The molecule has 126 valence electrons. The van der Waals surface area contributed by atoms with Crippen molar-refractivity contribution in [2.24, 2.45) is 17.6 Å². The highest BCUT2D eigenvalue weighted by Gasteiger charge is 2.32. The predicted molar refractivity (Wildman–Crippen MR) is 90.7 cm³/mol. The Hall–Kier alpha value is -1.60. The van der Waals surface area contributed by atoms with Gasteiger partial charge in [-0.3, -0.25) is 9.10 Å². The average molecular weight is 337 g/mol. The Kier molecular flexibility index (Phi) is 4.59. The Bertz CT molecular complexity index is 690. The first-order valence-corrected chi connectivity index (χ1v) is 9.73. The lowest BCUT2D eigenvalue weighted by Gasteiger charge is -2.20. The number of amides is 1. The summed E-state index contributed by atoms with van der Waals surface area (Å²) < 4.78 is 25.4. The largest absolute Gasteiger partial charge is 0.330 e. The molecular formula is C16H23N3O3S. The first kappa shape index (κ1) is 16.3. The number of sulfonamides is 1. The Balaban J connectivity index is 1.74. The van der Waals surface area contributed by atoms with Crippen LogP contribution in [0.15, 0.2) is 24.3 Å². The number of hydrogen-bond donors (Lipinski definition) is 2. The molecule has 2 aliphatic rings. The van der Waals surface area contributed by atoms with E-state index in [1.54, 1.807) is 24.3 Å². The summed E-state index contributed by atoms with van der Waals surface area (Å²) in [7, 11) is -3.21. The van der Waals surface area contributed by atoms with Crippen molar-refractivity contribution >= 4 is 27.3 Å². The minimum atomic E-state index is -3.21. The summed E-state index contributed by atoms with van der Waals surface area (Å²) in [6.07, 6.45) is 3.54. The van der Waals surface area contributed by atoms with E-state index in [4.69, 9.17) is 5.73 Å². The third-order valence-electron chi connectivity index (χ3n) is 4.80. The molecule has 0 spiro atoms. The zero-order chi connectivity index (χ0) is 16.4. The topological polar surface area (TPSA) is 92.5 Å². The molecule has 0 aromatic heterocycles. The molecule has 1 amide bonds. The number of nitrogens with one attached hydrogen (secondary N) is 1. The number of carbonyl (C=O) groups is 1. The van der Waals surface area contributed by atoms with E-state index in [1.807, 2.05) is 0 Å². The van der Waals surface area contributed by atoms with Crippen LogP contribution in [0.3, 0.4) is 0 Å². The molecule has 1 aliphatic carbocycles. The van der Waals surface area contributed by atoms with Crippen LogP contribution in [0.25, 0.3) is 0 Å². The van der Waals surface area contributed by atoms with Crippen molar-refractivity contribution in [2.45, 2.75) is 25.7 Å². The van der Waals surface area contributed by atoms with Crippen molar-refractivity contribution in [2.75, 3.05) is 28.5 Å². The van der Waals surface area contributed by atoms with Crippen molar-refractivity contribution in [1.29, 1.82) is 0 Å². The van der Waals surface area contributed by atoms with Crippen LogP contribution in [0.5, 0.6) is 0 Å². The number of carbonyl (C=O) groups excluding carboxylic acids is 1. The SMILES string of the molecule is NC[C@H]1CCC[C@H]1C(=O)Nc1cccc(N2CCCS2(=O)=O)c1. The molecule has 0 radical (unpaired) electrons. The van der Waals surface area contributed by atoms with Crippen LogP contribution in [0.2, 0.25) is 0 Å². The number of nitrogens with zero attached hydrogens (tertiary/aromatic N) is 1. The molecule has 1 saturated heterocycles. The van der Waals surface area contributed by atoms with Gasteiger partial charge in [0.15, 0.2) is 0 Å². The number of anilines is 2. The van der Waals surface area contributed by atoms with Gasteiger partial charge in [0.05, 0.1) is 11.4 Å². The Morgan fingerprint density at radius 2 is 2.13 bits per heavy atom. The smallest absolute Gasteiger partial charge is 0.235 e. The molecule has 1 aromatic carbocycles. The maximum absolute atomic E-state index is 12.4. The molecule has 3 N–H and O–H groups in total. The van der Waals surface area contributed by atoms with E-state index in [1.165, 1.54) is 4.31 Å². The van der Waals surface area contributed by atoms with Crippen LogP contribution in [0.4, 0.5) is 11.4 Å². The van der Waals surface area contributed by atoms with Crippen molar-refractivity contribution < 1.29 is 13.2 Å². The summed E-state index contributed by atoms with van der Waals surface area (Å²) in [5.74, 6) is 0.375. The first-order valence-electron chi connectivity index (χ1n) is 8.12. The molecule has 3 rings (SSSR count). The molecule has 0 unspecified atom stereocenters. The Morgan fingerprint density at radius 3 is 2.83 bits per heavy atom. The van der Waals surface area contributed by atoms with E-state index < -0.39 is 10.0 Å². The standard InChI is InChI=1S/C16H23N3O3S/c17-11-12-4-1-7-15(12)16(20)18-13-5-2-6-14(10-13)19-8-3-9-23(19,21)22/h2,5-6,10,12,15H,1,3-4,7-9,11,17H2,(H,18,20)/t12-,15-/m1/s1. The number of hydrogen-bond acceptors (Lipinski definition) is 4. The molecule has 7 heteroatoms. The van der Waals surface area contributed by atoms with E-state index in [-0.39, 0.29) is 23.5 Å². The quantitative estimate of drug-likeness (QED) is 0.871. The van der Waals surface area contributed by atoms with Gasteiger partial charge >= 0.3 is 0 Å². The third-order valence-corrected chi connectivity index (χ3v) is 6.67. The fraction of sp³-hybridized carbons (Fsp3) is 0.562. The highest BCUT2D eigenvalue weighted by Crippen LogP contribution is 2.32. The van der Waals surface area contributed by atoms with E-state index in [9.17, 15) is 13.2 Å².